The Hall–Kier alpha value is -1.58. The van der Waals surface area contributed by atoms with Crippen LogP contribution in [0.5, 0.6) is 0 Å². The molecule has 0 amide bonds. The first-order valence-electron chi connectivity index (χ1n) is 5.60. The van der Waals surface area contributed by atoms with Gasteiger partial charge in [-0.25, -0.2) is 4.98 Å². The normalized spacial score (nSPS) is 20.1. The van der Waals surface area contributed by atoms with Gasteiger partial charge in [0.15, 0.2) is 0 Å². The summed E-state index contributed by atoms with van der Waals surface area (Å²) in [5.41, 5.74) is 0.753. The molecule has 1 aromatic rings. The molecular formula is C12H16N2O2. The van der Waals surface area contributed by atoms with Crippen LogP contribution in [0.15, 0.2) is 18.3 Å². The van der Waals surface area contributed by atoms with Gasteiger partial charge in [-0.05, 0) is 31.4 Å². The summed E-state index contributed by atoms with van der Waals surface area (Å²) in [4.78, 5) is 17.1. The number of rotatable bonds is 3. The molecular weight excluding hydrogens is 204 g/mol. The van der Waals surface area contributed by atoms with E-state index < -0.39 is 5.97 Å². The van der Waals surface area contributed by atoms with Crippen molar-refractivity contribution in [3.63, 3.8) is 0 Å². The lowest BCUT2D eigenvalue weighted by molar-refractivity contribution is -0.136. The molecule has 16 heavy (non-hydrogen) atoms. The third kappa shape index (κ3) is 2.32. The Bertz CT molecular complexity index is 375. The summed E-state index contributed by atoms with van der Waals surface area (Å²) in [5.74, 6) is 0.142. The van der Waals surface area contributed by atoms with Gasteiger partial charge < -0.3 is 10.0 Å². The quantitative estimate of drug-likeness (QED) is 0.842. The minimum Gasteiger partial charge on any atom is -0.481 e. The summed E-state index contributed by atoms with van der Waals surface area (Å²) >= 11 is 0. The lowest BCUT2D eigenvalue weighted by Gasteiger charge is -2.22. The summed E-state index contributed by atoms with van der Waals surface area (Å²) in [6.45, 7) is 3.24. The second-order valence-corrected chi connectivity index (χ2v) is 4.28. The van der Waals surface area contributed by atoms with Crippen molar-refractivity contribution in [3.05, 3.63) is 23.9 Å². The second-order valence-electron chi connectivity index (χ2n) is 4.28. The molecule has 4 heteroatoms. The van der Waals surface area contributed by atoms with E-state index in [1.807, 2.05) is 12.1 Å². The number of anilines is 1. The maximum absolute atomic E-state index is 10.5. The number of carboxylic acid groups (broad SMARTS) is 1. The number of hydrogen-bond acceptors (Lipinski definition) is 3. The van der Waals surface area contributed by atoms with E-state index in [0.29, 0.717) is 6.04 Å². The molecule has 0 saturated carbocycles. The van der Waals surface area contributed by atoms with Crippen molar-refractivity contribution in [3.8, 4) is 0 Å². The highest BCUT2D eigenvalue weighted by molar-refractivity contribution is 5.70. The Kier molecular flexibility index (Phi) is 3.08. The predicted molar refractivity (Wildman–Crippen MR) is 61.6 cm³/mol. The van der Waals surface area contributed by atoms with Gasteiger partial charge in [0.2, 0.25) is 0 Å². The smallest absolute Gasteiger partial charge is 0.307 e. The van der Waals surface area contributed by atoms with E-state index in [2.05, 4.69) is 16.8 Å². The molecule has 0 aromatic carbocycles. The lowest BCUT2D eigenvalue weighted by atomic mass is 10.2. The van der Waals surface area contributed by atoms with Gasteiger partial charge in [0.1, 0.15) is 5.82 Å². The molecule has 2 rings (SSSR count). The second kappa shape index (κ2) is 4.51. The largest absolute Gasteiger partial charge is 0.481 e. The molecule has 0 unspecified atom stereocenters. The minimum atomic E-state index is -0.816. The summed E-state index contributed by atoms with van der Waals surface area (Å²) in [7, 11) is 0. The van der Waals surface area contributed by atoms with Gasteiger partial charge in [-0.1, -0.05) is 6.07 Å². The Morgan fingerprint density at radius 2 is 2.44 bits per heavy atom. The van der Waals surface area contributed by atoms with Crippen molar-refractivity contribution in [1.29, 1.82) is 0 Å². The molecule has 1 fully saturated rings. The number of pyridine rings is 1. The summed E-state index contributed by atoms with van der Waals surface area (Å²) in [5, 5.41) is 8.65. The van der Waals surface area contributed by atoms with Gasteiger partial charge >= 0.3 is 5.97 Å². The Labute approximate surface area is 94.9 Å². The topological polar surface area (TPSA) is 53.4 Å². The number of hydrogen-bond donors (Lipinski definition) is 1. The fraction of sp³-hybridized carbons (Fsp3) is 0.500. The SMILES string of the molecule is C[C@@H]1CCCN1c1ccc(CC(=O)O)cn1. The van der Waals surface area contributed by atoms with Gasteiger partial charge in [0.25, 0.3) is 0 Å². The molecule has 1 aliphatic rings. The van der Waals surface area contributed by atoms with Gasteiger partial charge in [0, 0.05) is 18.8 Å². The number of aromatic nitrogens is 1. The van der Waals surface area contributed by atoms with E-state index in [1.54, 1.807) is 6.20 Å². The highest BCUT2D eigenvalue weighted by atomic mass is 16.4. The highest BCUT2D eigenvalue weighted by Gasteiger charge is 2.21. The van der Waals surface area contributed by atoms with Crippen LogP contribution >= 0.6 is 0 Å². The van der Waals surface area contributed by atoms with Gasteiger partial charge in [-0.2, -0.15) is 0 Å². The van der Waals surface area contributed by atoms with Crippen LogP contribution in [0.3, 0.4) is 0 Å². The van der Waals surface area contributed by atoms with Crippen LogP contribution in [0, 0.1) is 0 Å². The lowest BCUT2D eigenvalue weighted by Crippen LogP contribution is -2.27. The molecule has 4 nitrogen and oxygen atoms in total. The molecule has 86 valence electrons. The molecule has 2 heterocycles. The van der Waals surface area contributed by atoms with Crippen LogP contribution in [-0.2, 0) is 11.2 Å². The maximum atomic E-state index is 10.5. The van der Waals surface area contributed by atoms with E-state index in [1.165, 1.54) is 12.8 Å². The molecule has 0 spiro atoms. The van der Waals surface area contributed by atoms with E-state index in [4.69, 9.17) is 5.11 Å². The van der Waals surface area contributed by atoms with Crippen molar-refractivity contribution < 1.29 is 9.90 Å². The van der Waals surface area contributed by atoms with Gasteiger partial charge in [-0.15, -0.1) is 0 Å². The summed E-state index contributed by atoms with van der Waals surface area (Å²) < 4.78 is 0. The third-order valence-corrected chi connectivity index (χ3v) is 3.01. The first-order chi connectivity index (χ1) is 7.66. The van der Waals surface area contributed by atoms with E-state index >= 15 is 0 Å². The molecule has 0 bridgehead atoms. The van der Waals surface area contributed by atoms with Crippen LogP contribution in [0.2, 0.25) is 0 Å². The van der Waals surface area contributed by atoms with E-state index in [9.17, 15) is 4.79 Å². The summed E-state index contributed by atoms with van der Waals surface area (Å²) in [6.07, 6.45) is 4.12. The standard InChI is InChI=1S/C12H16N2O2/c1-9-3-2-6-14(9)11-5-4-10(8-13-11)7-12(15)16/h4-5,8-9H,2-3,6-7H2,1H3,(H,15,16)/t9-/m1/s1. The molecule has 1 atom stereocenters. The Balaban J connectivity index is 2.09. The average molecular weight is 220 g/mol. The maximum Gasteiger partial charge on any atom is 0.307 e. The Morgan fingerprint density at radius 1 is 1.62 bits per heavy atom. The number of nitrogens with zero attached hydrogens (tertiary/aromatic N) is 2. The van der Waals surface area contributed by atoms with Gasteiger partial charge in [0.05, 0.1) is 6.42 Å². The summed E-state index contributed by atoms with van der Waals surface area (Å²) in [6, 6.07) is 4.31. The fourth-order valence-electron chi connectivity index (χ4n) is 2.14. The van der Waals surface area contributed by atoms with E-state index in [0.717, 1.165) is 17.9 Å². The average Bonchev–Trinajstić information content (AvgIpc) is 2.65. The van der Waals surface area contributed by atoms with E-state index in [-0.39, 0.29) is 6.42 Å². The zero-order chi connectivity index (χ0) is 11.5. The van der Waals surface area contributed by atoms with Crippen LogP contribution in [0.25, 0.3) is 0 Å². The van der Waals surface area contributed by atoms with Crippen LogP contribution in [-0.4, -0.2) is 28.6 Å². The fourth-order valence-corrected chi connectivity index (χ4v) is 2.14. The number of carboxylic acids is 1. The zero-order valence-corrected chi connectivity index (χ0v) is 9.39. The minimum absolute atomic E-state index is 0.0445. The van der Waals surface area contributed by atoms with Crippen molar-refractivity contribution >= 4 is 11.8 Å². The molecule has 1 saturated heterocycles. The molecule has 1 aromatic heterocycles. The first kappa shape index (κ1) is 10.9. The zero-order valence-electron chi connectivity index (χ0n) is 9.39. The van der Waals surface area contributed by atoms with Crippen LogP contribution < -0.4 is 4.90 Å². The van der Waals surface area contributed by atoms with Crippen molar-refractivity contribution in [2.45, 2.75) is 32.2 Å². The van der Waals surface area contributed by atoms with Crippen molar-refractivity contribution in [2.75, 3.05) is 11.4 Å². The van der Waals surface area contributed by atoms with Crippen molar-refractivity contribution in [2.24, 2.45) is 0 Å². The predicted octanol–water partition coefficient (Wildman–Crippen LogP) is 1.70. The molecule has 0 radical (unpaired) electrons. The molecule has 1 N–H and O–H groups in total. The van der Waals surface area contributed by atoms with Crippen LogP contribution in [0.4, 0.5) is 5.82 Å². The van der Waals surface area contributed by atoms with Gasteiger partial charge in [-0.3, -0.25) is 4.79 Å². The monoisotopic (exact) mass is 220 g/mol. The number of carbonyl (C=O) groups is 1. The molecule has 0 aliphatic carbocycles. The first-order valence-corrected chi connectivity index (χ1v) is 5.60. The van der Waals surface area contributed by atoms with Crippen LogP contribution in [0.1, 0.15) is 25.3 Å². The third-order valence-electron chi connectivity index (χ3n) is 3.01. The van der Waals surface area contributed by atoms with Crippen molar-refractivity contribution in [1.82, 2.24) is 4.98 Å². The highest BCUT2D eigenvalue weighted by Crippen LogP contribution is 2.23. The molecule has 1 aliphatic heterocycles. The Morgan fingerprint density at radius 3 is 2.94 bits per heavy atom. The number of aliphatic carboxylic acids is 1.